The van der Waals surface area contributed by atoms with Crippen molar-refractivity contribution in [3.8, 4) is 17.2 Å². The molecule has 0 saturated heterocycles. The number of hydrogen-bond acceptors (Lipinski definition) is 5. The fourth-order valence-corrected chi connectivity index (χ4v) is 2.65. The Morgan fingerprint density at radius 2 is 1.81 bits per heavy atom. The summed E-state index contributed by atoms with van der Waals surface area (Å²) in [5.74, 6) is -1.78. The van der Waals surface area contributed by atoms with Gasteiger partial charge in [0.25, 0.3) is 11.5 Å². The molecule has 0 radical (unpaired) electrons. The van der Waals surface area contributed by atoms with E-state index >= 15 is 0 Å². The van der Waals surface area contributed by atoms with Gasteiger partial charge in [0.15, 0.2) is 0 Å². The summed E-state index contributed by atoms with van der Waals surface area (Å²) in [5.41, 5.74) is -0.865. The third-order valence-corrected chi connectivity index (χ3v) is 3.95. The second kappa shape index (κ2) is 7.20. The smallest absolute Gasteiger partial charge is 0.322 e. The van der Waals surface area contributed by atoms with Crippen LogP contribution in [0.5, 0.6) is 17.2 Å². The monoisotopic (exact) mass is 368 g/mol. The van der Waals surface area contributed by atoms with Crippen molar-refractivity contribution in [3.05, 3.63) is 64.4 Å². The van der Waals surface area contributed by atoms with Gasteiger partial charge in [0.1, 0.15) is 29.4 Å². The van der Waals surface area contributed by atoms with Gasteiger partial charge in [-0.15, -0.1) is 0 Å². The molecule has 8 heteroatoms. The van der Waals surface area contributed by atoms with Crippen LogP contribution in [-0.4, -0.2) is 33.2 Å². The number of aromatic nitrogens is 1. The molecule has 0 aliphatic rings. The molecular weight excluding hydrogens is 352 g/mol. The lowest BCUT2D eigenvalue weighted by atomic mass is 10.1. The minimum atomic E-state index is -1.26. The number of benzene rings is 2. The zero-order valence-corrected chi connectivity index (χ0v) is 14.3. The van der Waals surface area contributed by atoms with Gasteiger partial charge in [0, 0.05) is 12.4 Å². The molecule has 0 atom stereocenters. The maximum Gasteiger partial charge on any atom is 0.322 e. The predicted molar refractivity (Wildman–Crippen MR) is 97.3 cm³/mol. The van der Waals surface area contributed by atoms with E-state index in [2.05, 4.69) is 5.32 Å². The van der Waals surface area contributed by atoms with Gasteiger partial charge in [-0.1, -0.05) is 18.2 Å². The lowest BCUT2D eigenvalue weighted by Gasteiger charge is -2.13. The molecule has 3 N–H and O–H groups in total. The van der Waals surface area contributed by atoms with Crippen LogP contribution in [-0.2, 0) is 11.8 Å². The summed E-state index contributed by atoms with van der Waals surface area (Å²) >= 11 is 0. The second-order valence-electron chi connectivity index (χ2n) is 5.76. The molecule has 27 heavy (non-hydrogen) atoms. The van der Waals surface area contributed by atoms with Crippen molar-refractivity contribution < 1.29 is 24.5 Å². The number of aromatic hydroxyl groups is 1. The standard InChI is InChI=1S/C19H16N2O6/c1-21-14-8-7-12(27-11-5-3-2-4-6-11)9-13(14)17(24)16(19(21)26)18(25)20-10-15(22)23/h2-9,24H,10H2,1H3,(H,20,25)(H,22,23). The van der Waals surface area contributed by atoms with E-state index in [-0.39, 0.29) is 5.39 Å². The first kappa shape index (κ1) is 18.0. The van der Waals surface area contributed by atoms with E-state index in [0.29, 0.717) is 17.0 Å². The molecule has 1 amide bonds. The van der Waals surface area contributed by atoms with Gasteiger partial charge in [-0.2, -0.15) is 0 Å². The van der Waals surface area contributed by atoms with Gasteiger partial charge in [-0.3, -0.25) is 14.4 Å². The average molecular weight is 368 g/mol. The van der Waals surface area contributed by atoms with Gasteiger partial charge >= 0.3 is 5.97 Å². The number of carboxylic acids is 1. The molecule has 1 aromatic heterocycles. The highest BCUT2D eigenvalue weighted by Gasteiger charge is 2.22. The van der Waals surface area contributed by atoms with Crippen molar-refractivity contribution in [1.29, 1.82) is 0 Å². The Morgan fingerprint density at radius 3 is 2.48 bits per heavy atom. The van der Waals surface area contributed by atoms with Crippen LogP contribution in [0.1, 0.15) is 10.4 Å². The van der Waals surface area contributed by atoms with Crippen molar-refractivity contribution in [2.45, 2.75) is 0 Å². The fraction of sp³-hybridized carbons (Fsp3) is 0.105. The molecular formula is C19H16N2O6. The molecule has 0 aliphatic carbocycles. The molecule has 2 aromatic carbocycles. The molecule has 8 nitrogen and oxygen atoms in total. The predicted octanol–water partition coefficient (Wildman–Crippen LogP) is 1.85. The van der Waals surface area contributed by atoms with Crippen LogP contribution in [0.25, 0.3) is 10.9 Å². The number of carboxylic acid groups (broad SMARTS) is 1. The third-order valence-electron chi connectivity index (χ3n) is 3.95. The first-order valence-electron chi connectivity index (χ1n) is 7.97. The van der Waals surface area contributed by atoms with Crippen LogP contribution in [0.2, 0.25) is 0 Å². The van der Waals surface area contributed by atoms with Crippen LogP contribution in [0, 0.1) is 0 Å². The van der Waals surface area contributed by atoms with E-state index in [0.717, 1.165) is 0 Å². The number of aliphatic carboxylic acids is 1. The number of ether oxygens (including phenoxy) is 1. The van der Waals surface area contributed by atoms with Crippen molar-refractivity contribution in [2.75, 3.05) is 6.54 Å². The Balaban J connectivity index is 2.08. The summed E-state index contributed by atoms with van der Waals surface area (Å²) in [6.45, 7) is -0.670. The summed E-state index contributed by atoms with van der Waals surface area (Å²) in [6, 6.07) is 13.7. The molecule has 0 fully saturated rings. The van der Waals surface area contributed by atoms with Gasteiger partial charge in [-0.25, -0.2) is 0 Å². The average Bonchev–Trinajstić information content (AvgIpc) is 2.65. The minimum absolute atomic E-state index is 0.228. The highest BCUT2D eigenvalue weighted by Crippen LogP contribution is 2.31. The number of aryl methyl sites for hydroxylation is 1. The van der Waals surface area contributed by atoms with Crippen LogP contribution in [0.3, 0.4) is 0 Å². The molecule has 3 aromatic rings. The highest BCUT2D eigenvalue weighted by atomic mass is 16.5. The van der Waals surface area contributed by atoms with E-state index in [1.54, 1.807) is 24.3 Å². The highest BCUT2D eigenvalue weighted by molar-refractivity contribution is 6.03. The van der Waals surface area contributed by atoms with E-state index in [1.165, 1.54) is 17.7 Å². The normalized spacial score (nSPS) is 10.6. The number of rotatable bonds is 5. The second-order valence-corrected chi connectivity index (χ2v) is 5.76. The topological polar surface area (TPSA) is 118 Å². The number of nitrogens with one attached hydrogen (secondary N) is 1. The number of amides is 1. The van der Waals surface area contributed by atoms with Crippen LogP contribution in [0.15, 0.2) is 53.3 Å². The van der Waals surface area contributed by atoms with Gasteiger partial charge in [0.05, 0.1) is 5.52 Å². The lowest BCUT2D eigenvalue weighted by molar-refractivity contribution is -0.135. The van der Waals surface area contributed by atoms with Gasteiger partial charge in [-0.05, 0) is 30.3 Å². The van der Waals surface area contributed by atoms with Crippen molar-refractivity contribution in [2.24, 2.45) is 7.05 Å². The summed E-state index contributed by atoms with van der Waals surface area (Å²) in [7, 11) is 1.45. The summed E-state index contributed by atoms with van der Waals surface area (Å²) in [5, 5.41) is 21.5. The summed E-state index contributed by atoms with van der Waals surface area (Å²) in [6.07, 6.45) is 0. The number of carbonyl (C=O) groups excluding carboxylic acids is 1. The Hall–Kier alpha value is -3.81. The molecule has 1 heterocycles. The lowest BCUT2D eigenvalue weighted by Crippen LogP contribution is -2.35. The van der Waals surface area contributed by atoms with E-state index in [4.69, 9.17) is 9.84 Å². The van der Waals surface area contributed by atoms with E-state index in [1.807, 2.05) is 18.2 Å². The molecule has 0 saturated carbocycles. The van der Waals surface area contributed by atoms with Gasteiger partial charge in [0.2, 0.25) is 0 Å². The molecule has 0 aliphatic heterocycles. The molecule has 0 bridgehead atoms. The Kier molecular flexibility index (Phi) is 4.80. The zero-order chi connectivity index (χ0) is 19.6. The van der Waals surface area contributed by atoms with E-state index in [9.17, 15) is 19.5 Å². The maximum absolute atomic E-state index is 12.4. The molecule has 138 valence electrons. The van der Waals surface area contributed by atoms with Crippen molar-refractivity contribution in [3.63, 3.8) is 0 Å². The zero-order valence-electron chi connectivity index (χ0n) is 14.3. The number of carbonyl (C=O) groups is 2. The summed E-state index contributed by atoms with van der Waals surface area (Å²) in [4.78, 5) is 35.2. The SMILES string of the molecule is Cn1c(=O)c(C(=O)NCC(=O)O)c(O)c2cc(Oc3ccccc3)ccc21. The molecule has 0 spiro atoms. The largest absolute Gasteiger partial charge is 0.506 e. The van der Waals surface area contributed by atoms with Gasteiger partial charge < -0.3 is 24.8 Å². The number of para-hydroxylation sites is 1. The number of nitrogens with zero attached hydrogens (tertiary/aromatic N) is 1. The van der Waals surface area contributed by atoms with E-state index < -0.39 is 35.3 Å². The first-order chi connectivity index (χ1) is 12.9. The quantitative estimate of drug-likeness (QED) is 0.633. The van der Waals surface area contributed by atoms with Crippen molar-refractivity contribution >= 4 is 22.8 Å². The Morgan fingerprint density at radius 1 is 1.11 bits per heavy atom. The summed E-state index contributed by atoms with van der Waals surface area (Å²) < 4.78 is 6.92. The molecule has 0 unspecified atom stereocenters. The number of pyridine rings is 1. The molecule has 3 rings (SSSR count). The van der Waals surface area contributed by atoms with Crippen molar-refractivity contribution in [1.82, 2.24) is 9.88 Å². The third kappa shape index (κ3) is 3.59. The maximum atomic E-state index is 12.4. The van der Waals surface area contributed by atoms with Crippen LogP contribution >= 0.6 is 0 Å². The number of hydrogen-bond donors (Lipinski definition) is 3. The fourth-order valence-electron chi connectivity index (χ4n) is 2.65. The van der Waals surface area contributed by atoms with Crippen LogP contribution in [0.4, 0.5) is 0 Å². The Labute approximate surface area is 153 Å². The minimum Gasteiger partial charge on any atom is -0.506 e. The van der Waals surface area contributed by atoms with Crippen LogP contribution < -0.4 is 15.6 Å². The Bertz CT molecular complexity index is 1090. The number of fused-ring (bicyclic) bond motifs is 1. The first-order valence-corrected chi connectivity index (χ1v) is 7.97.